The third-order valence-corrected chi connectivity index (χ3v) is 4.04. The van der Waals surface area contributed by atoms with Gasteiger partial charge in [0.05, 0.1) is 12.8 Å². The first kappa shape index (κ1) is 12.9. The number of methoxy groups -OCH3 is 1. The summed E-state index contributed by atoms with van der Waals surface area (Å²) in [6.45, 7) is 3.28. The largest absolute Gasteiger partial charge is 0.481 e. The van der Waals surface area contributed by atoms with Crippen LogP contribution in [0.3, 0.4) is 0 Å². The molecule has 1 saturated carbocycles. The molecule has 0 amide bonds. The molecule has 1 aliphatic heterocycles. The quantitative estimate of drug-likeness (QED) is 0.847. The van der Waals surface area contributed by atoms with Gasteiger partial charge in [-0.3, -0.25) is 4.90 Å². The Labute approximate surface area is 115 Å². The summed E-state index contributed by atoms with van der Waals surface area (Å²) in [5, 5.41) is 3.59. The molecule has 19 heavy (non-hydrogen) atoms. The van der Waals surface area contributed by atoms with Crippen LogP contribution < -0.4 is 10.1 Å². The second-order valence-corrected chi connectivity index (χ2v) is 5.63. The van der Waals surface area contributed by atoms with E-state index in [1.165, 1.54) is 32.2 Å². The number of aromatic nitrogens is 1. The minimum Gasteiger partial charge on any atom is -0.481 e. The highest BCUT2D eigenvalue weighted by molar-refractivity contribution is 5.16. The number of rotatable bonds is 6. The lowest BCUT2D eigenvalue weighted by atomic mass is 10.2. The van der Waals surface area contributed by atoms with Crippen LogP contribution in [0.25, 0.3) is 0 Å². The number of ether oxygens (including phenoxy) is 1. The SMILES string of the molecule is COc1cccc(CN(CC2CCCN2)C2CC2)n1. The maximum absolute atomic E-state index is 5.20. The Hall–Kier alpha value is -1.13. The van der Waals surface area contributed by atoms with Crippen molar-refractivity contribution in [1.82, 2.24) is 15.2 Å². The molecule has 1 aromatic rings. The van der Waals surface area contributed by atoms with Gasteiger partial charge in [0.15, 0.2) is 0 Å². The Morgan fingerprint density at radius 3 is 2.95 bits per heavy atom. The molecule has 104 valence electrons. The number of pyridine rings is 1. The van der Waals surface area contributed by atoms with E-state index in [1.54, 1.807) is 7.11 Å². The Morgan fingerprint density at radius 1 is 1.37 bits per heavy atom. The lowest BCUT2D eigenvalue weighted by Crippen LogP contribution is -2.38. The molecule has 2 aliphatic rings. The van der Waals surface area contributed by atoms with Gasteiger partial charge in [0.25, 0.3) is 0 Å². The predicted molar refractivity (Wildman–Crippen MR) is 75.2 cm³/mol. The van der Waals surface area contributed by atoms with Crippen molar-refractivity contribution in [3.63, 3.8) is 0 Å². The third kappa shape index (κ3) is 3.45. The molecule has 2 heterocycles. The third-order valence-electron chi connectivity index (χ3n) is 4.04. The van der Waals surface area contributed by atoms with Gasteiger partial charge in [0.2, 0.25) is 5.88 Å². The zero-order chi connectivity index (χ0) is 13.1. The Bertz CT molecular complexity index is 414. The van der Waals surface area contributed by atoms with E-state index in [-0.39, 0.29) is 0 Å². The van der Waals surface area contributed by atoms with Crippen LogP contribution in [0.15, 0.2) is 18.2 Å². The number of nitrogens with zero attached hydrogens (tertiary/aromatic N) is 2. The van der Waals surface area contributed by atoms with E-state index >= 15 is 0 Å². The first-order valence-electron chi connectivity index (χ1n) is 7.32. The fourth-order valence-corrected chi connectivity index (χ4v) is 2.85. The average Bonchev–Trinajstić information content (AvgIpc) is 3.17. The molecule has 1 aliphatic carbocycles. The molecule has 1 unspecified atom stereocenters. The summed E-state index contributed by atoms with van der Waals surface area (Å²) in [6, 6.07) is 7.48. The molecule has 3 rings (SSSR count). The van der Waals surface area contributed by atoms with Crippen LogP contribution in [-0.2, 0) is 6.54 Å². The van der Waals surface area contributed by atoms with Crippen molar-refractivity contribution in [2.75, 3.05) is 20.2 Å². The highest BCUT2D eigenvalue weighted by Crippen LogP contribution is 2.29. The van der Waals surface area contributed by atoms with Gasteiger partial charge in [-0.05, 0) is 38.3 Å². The molecule has 1 saturated heterocycles. The van der Waals surface area contributed by atoms with Crippen molar-refractivity contribution in [3.8, 4) is 5.88 Å². The normalized spacial score (nSPS) is 22.9. The first-order valence-corrected chi connectivity index (χ1v) is 7.32. The molecule has 0 radical (unpaired) electrons. The molecular formula is C15H23N3O. The van der Waals surface area contributed by atoms with E-state index in [1.807, 2.05) is 12.1 Å². The fourth-order valence-electron chi connectivity index (χ4n) is 2.85. The van der Waals surface area contributed by atoms with Gasteiger partial charge >= 0.3 is 0 Å². The van der Waals surface area contributed by atoms with E-state index in [0.29, 0.717) is 11.9 Å². The molecule has 0 spiro atoms. The summed E-state index contributed by atoms with van der Waals surface area (Å²) in [5.41, 5.74) is 1.12. The second kappa shape index (κ2) is 5.88. The summed E-state index contributed by atoms with van der Waals surface area (Å²) < 4.78 is 5.20. The topological polar surface area (TPSA) is 37.4 Å². The molecular weight excluding hydrogens is 238 g/mol. The van der Waals surface area contributed by atoms with E-state index in [4.69, 9.17) is 4.74 Å². The van der Waals surface area contributed by atoms with Gasteiger partial charge < -0.3 is 10.1 Å². The predicted octanol–water partition coefficient (Wildman–Crippen LogP) is 1.81. The highest BCUT2D eigenvalue weighted by Gasteiger charge is 2.31. The molecule has 0 bridgehead atoms. The van der Waals surface area contributed by atoms with Crippen molar-refractivity contribution in [1.29, 1.82) is 0 Å². The summed E-state index contributed by atoms with van der Waals surface area (Å²) >= 11 is 0. The van der Waals surface area contributed by atoms with Crippen LogP contribution >= 0.6 is 0 Å². The Kier molecular flexibility index (Phi) is 3.99. The van der Waals surface area contributed by atoms with Gasteiger partial charge in [0.1, 0.15) is 0 Å². The van der Waals surface area contributed by atoms with Crippen LogP contribution in [0.1, 0.15) is 31.4 Å². The molecule has 1 atom stereocenters. The van der Waals surface area contributed by atoms with Crippen LogP contribution in [0.2, 0.25) is 0 Å². The Balaban J connectivity index is 1.63. The molecule has 0 aromatic carbocycles. The number of nitrogens with one attached hydrogen (secondary N) is 1. The smallest absolute Gasteiger partial charge is 0.213 e. The van der Waals surface area contributed by atoms with Crippen molar-refractivity contribution in [3.05, 3.63) is 23.9 Å². The van der Waals surface area contributed by atoms with Gasteiger partial charge in [0, 0.05) is 31.2 Å². The standard InChI is InChI=1S/C15H23N3O/c1-19-15-6-2-4-13(17-15)11-18(14-7-8-14)10-12-5-3-9-16-12/h2,4,6,12,14,16H,3,5,7-11H2,1H3. The maximum Gasteiger partial charge on any atom is 0.213 e. The molecule has 2 fully saturated rings. The van der Waals surface area contributed by atoms with Crippen molar-refractivity contribution < 1.29 is 4.74 Å². The van der Waals surface area contributed by atoms with Crippen LogP contribution in [0.4, 0.5) is 0 Å². The van der Waals surface area contributed by atoms with Gasteiger partial charge in [-0.2, -0.15) is 0 Å². The van der Waals surface area contributed by atoms with E-state index < -0.39 is 0 Å². The molecule has 4 heteroatoms. The molecule has 1 aromatic heterocycles. The van der Waals surface area contributed by atoms with Gasteiger partial charge in [-0.15, -0.1) is 0 Å². The maximum atomic E-state index is 5.20. The second-order valence-electron chi connectivity index (χ2n) is 5.63. The lowest BCUT2D eigenvalue weighted by Gasteiger charge is -2.25. The van der Waals surface area contributed by atoms with Crippen LogP contribution in [0, 0.1) is 0 Å². The number of hydrogen-bond acceptors (Lipinski definition) is 4. The zero-order valence-electron chi connectivity index (χ0n) is 11.6. The monoisotopic (exact) mass is 261 g/mol. The fraction of sp³-hybridized carbons (Fsp3) is 0.667. The lowest BCUT2D eigenvalue weighted by molar-refractivity contribution is 0.228. The molecule has 1 N–H and O–H groups in total. The molecule has 4 nitrogen and oxygen atoms in total. The Morgan fingerprint density at radius 2 is 2.26 bits per heavy atom. The summed E-state index contributed by atoms with van der Waals surface area (Å²) in [4.78, 5) is 7.12. The number of hydrogen-bond donors (Lipinski definition) is 1. The van der Waals surface area contributed by atoms with E-state index in [9.17, 15) is 0 Å². The first-order chi connectivity index (χ1) is 9.35. The summed E-state index contributed by atoms with van der Waals surface area (Å²) in [6.07, 6.45) is 5.32. The summed E-state index contributed by atoms with van der Waals surface area (Å²) in [5.74, 6) is 0.715. The van der Waals surface area contributed by atoms with Crippen LogP contribution in [0.5, 0.6) is 5.88 Å². The van der Waals surface area contributed by atoms with Crippen LogP contribution in [-0.4, -0.2) is 42.2 Å². The van der Waals surface area contributed by atoms with E-state index in [2.05, 4.69) is 21.3 Å². The van der Waals surface area contributed by atoms with Gasteiger partial charge in [-0.1, -0.05) is 6.07 Å². The highest BCUT2D eigenvalue weighted by atomic mass is 16.5. The van der Waals surface area contributed by atoms with Crippen molar-refractivity contribution in [2.45, 2.75) is 44.3 Å². The summed E-state index contributed by atoms with van der Waals surface area (Å²) in [7, 11) is 1.67. The minimum absolute atomic E-state index is 0.672. The van der Waals surface area contributed by atoms with Crippen molar-refractivity contribution in [2.24, 2.45) is 0 Å². The van der Waals surface area contributed by atoms with E-state index in [0.717, 1.165) is 24.8 Å². The van der Waals surface area contributed by atoms with Crippen molar-refractivity contribution >= 4 is 0 Å². The average molecular weight is 261 g/mol. The minimum atomic E-state index is 0.672. The zero-order valence-corrected chi connectivity index (χ0v) is 11.6. The van der Waals surface area contributed by atoms with Gasteiger partial charge in [-0.25, -0.2) is 4.98 Å².